The number of hydrogen-bond acceptors (Lipinski definition) is 4. The number of carbonyl (C=O) groups excluding carboxylic acids is 1. The maximum absolute atomic E-state index is 12.3. The molecule has 1 unspecified atom stereocenters. The highest BCUT2D eigenvalue weighted by atomic mass is 16.5. The monoisotopic (exact) mass is 288 g/mol. The molecular weight excluding hydrogens is 264 g/mol. The van der Waals surface area contributed by atoms with E-state index in [4.69, 9.17) is 4.74 Å². The molecule has 0 amide bonds. The molecule has 1 fully saturated rings. The lowest BCUT2D eigenvalue weighted by Crippen LogP contribution is -2.38. The summed E-state index contributed by atoms with van der Waals surface area (Å²) in [4.78, 5) is 14.6. The van der Waals surface area contributed by atoms with Crippen molar-refractivity contribution in [2.24, 2.45) is 0 Å². The van der Waals surface area contributed by atoms with Gasteiger partial charge < -0.3 is 15.0 Å². The fraction of sp³-hybridized carbons (Fsp3) is 0.471. The van der Waals surface area contributed by atoms with Crippen molar-refractivity contribution in [1.82, 2.24) is 0 Å². The molecular formula is C17H24N2O2. The Morgan fingerprint density at radius 1 is 1.52 bits per heavy atom. The summed E-state index contributed by atoms with van der Waals surface area (Å²) in [5, 5.41) is 3.07. The highest BCUT2D eigenvalue weighted by Gasteiger charge is 2.24. The first-order valence-corrected chi connectivity index (χ1v) is 7.54. The molecule has 1 aliphatic heterocycles. The molecule has 1 aromatic carbocycles. The molecule has 1 heterocycles. The van der Waals surface area contributed by atoms with Gasteiger partial charge in [0.25, 0.3) is 0 Å². The quantitative estimate of drug-likeness (QED) is 0.665. The summed E-state index contributed by atoms with van der Waals surface area (Å²) in [6.45, 7) is 7.02. The summed E-state index contributed by atoms with van der Waals surface area (Å²) in [6, 6.07) is 6.33. The van der Waals surface area contributed by atoms with E-state index in [1.165, 1.54) is 12.8 Å². The van der Waals surface area contributed by atoms with Crippen LogP contribution in [0.3, 0.4) is 0 Å². The van der Waals surface area contributed by atoms with Crippen LogP contribution in [0.4, 0.5) is 11.4 Å². The van der Waals surface area contributed by atoms with E-state index >= 15 is 0 Å². The van der Waals surface area contributed by atoms with Gasteiger partial charge in [-0.3, -0.25) is 0 Å². The lowest BCUT2D eigenvalue weighted by molar-refractivity contribution is 0.0550. The van der Waals surface area contributed by atoms with Gasteiger partial charge in [0.15, 0.2) is 0 Å². The minimum absolute atomic E-state index is 0.234. The van der Waals surface area contributed by atoms with E-state index in [0.717, 1.165) is 24.3 Å². The van der Waals surface area contributed by atoms with Crippen LogP contribution in [0, 0.1) is 0 Å². The predicted octanol–water partition coefficient (Wildman–Crippen LogP) is 3.45. The van der Waals surface area contributed by atoms with Crippen LogP contribution in [0.1, 0.15) is 36.5 Å². The molecule has 4 nitrogen and oxygen atoms in total. The third-order valence-electron chi connectivity index (χ3n) is 3.95. The van der Waals surface area contributed by atoms with Gasteiger partial charge in [-0.05, 0) is 44.4 Å². The molecule has 1 aromatic rings. The molecule has 1 aliphatic rings. The summed E-state index contributed by atoms with van der Waals surface area (Å²) in [5.41, 5.74) is 2.50. The van der Waals surface area contributed by atoms with Crippen LogP contribution in [-0.4, -0.2) is 32.2 Å². The number of esters is 1. The second kappa shape index (κ2) is 7.16. The van der Waals surface area contributed by atoms with Gasteiger partial charge in [-0.1, -0.05) is 12.7 Å². The number of hydrogen-bond donors (Lipinski definition) is 1. The van der Waals surface area contributed by atoms with E-state index in [1.807, 2.05) is 25.2 Å². The van der Waals surface area contributed by atoms with E-state index in [9.17, 15) is 4.79 Å². The van der Waals surface area contributed by atoms with Gasteiger partial charge in [0.2, 0.25) is 0 Å². The number of anilines is 2. The Morgan fingerprint density at radius 3 is 3.00 bits per heavy atom. The zero-order valence-corrected chi connectivity index (χ0v) is 12.9. The first-order chi connectivity index (χ1) is 10.2. The third kappa shape index (κ3) is 3.57. The van der Waals surface area contributed by atoms with Gasteiger partial charge in [0.1, 0.15) is 6.61 Å². The Morgan fingerprint density at radius 2 is 2.33 bits per heavy atom. The van der Waals surface area contributed by atoms with E-state index in [2.05, 4.69) is 23.7 Å². The molecule has 114 valence electrons. The van der Waals surface area contributed by atoms with Crippen LogP contribution in [0.5, 0.6) is 0 Å². The average molecular weight is 288 g/mol. The van der Waals surface area contributed by atoms with Crippen molar-refractivity contribution in [2.45, 2.75) is 32.2 Å². The van der Waals surface area contributed by atoms with Crippen LogP contribution in [0.25, 0.3) is 0 Å². The molecule has 0 bridgehead atoms. The number of benzene rings is 1. The third-order valence-corrected chi connectivity index (χ3v) is 3.95. The van der Waals surface area contributed by atoms with Gasteiger partial charge in [0, 0.05) is 25.3 Å². The molecule has 0 spiro atoms. The van der Waals surface area contributed by atoms with Crippen LogP contribution >= 0.6 is 0 Å². The Bertz CT molecular complexity index is 514. The Labute approximate surface area is 126 Å². The summed E-state index contributed by atoms with van der Waals surface area (Å²) < 4.78 is 5.23. The molecule has 0 saturated carbocycles. The van der Waals surface area contributed by atoms with Gasteiger partial charge in [-0.15, -0.1) is 0 Å². The lowest BCUT2D eigenvalue weighted by atomic mass is 10.0. The molecule has 2 rings (SSSR count). The standard InChI is InChI=1S/C17H24N2O2/c1-4-11-21-17(20)15-12-14(18-3)8-9-16(15)19-10-6-5-7-13(19)2/h4,8-9,12-13,18H,1,5-7,10-11H2,2-3H3. The van der Waals surface area contributed by atoms with Crippen molar-refractivity contribution in [3.63, 3.8) is 0 Å². The van der Waals surface area contributed by atoms with Crippen LogP contribution in [0.2, 0.25) is 0 Å². The van der Waals surface area contributed by atoms with Crippen molar-refractivity contribution >= 4 is 17.3 Å². The molecule has 21 heavy (non-hydrogen) atoms. The topological polar surface area (TPSA) is 41.6 Å². The van der Waals surface area contributed by atoms with Crippen molar-refractivity contribution in [3.8, 4) is 0 Å². The maximum Gasteiger partial charge on any atom is 0.340 e. The maximum atomic E-state index is 12.3. The van der Waals surface area contributed by atoms with Gasteiger partial charge in [-0.25, -0.2) is 4.79 Å². The zero-order chi connectivity index (χ0) is 15.2. The Hall–Kier alpha value is -1.97. The molecule has 0 aromatic heterocycles. The minimum atomic E-state index is -0.292. The summed E-state index contributed by atoms with van der Waals surface area (Å²) in [6.07, 6.45) is 5.17. The first kappa shape index (κ1) is 15.4. The van der Waals surface area contributed by atoms with Crippen LogP contribution in [0.15, 0.2) is 30.9 Å². The van der Waals surface area contributed by atoms with Gasteiger partial charge in [0.05, 0.1) is 11.3 Å². The fourth-order valence-corrected chi connectivity index (χ4v) is 2.77. The van der Waals surface area contributed by atoms with Crippen LogP contribution < -0.4 is 10.2 Å². The highest BCUT2D eigenvalue weighted by molar-refractivity contribution is 5.97. The average Bonchev–Trinajstić information content (AvgIpc) is 2.52. The van der Waals surface area contributed by atoms with E-state index < -0.39 is 0 Å². The predicted molar refractivity (Wildman–Crippen MR) is 87.1 cm³/mol. The number of ether oxygens (including phenoxy) is 1. The molecule has 1 atom stereocenters. The summed E-state index contributed by atoms with van der Waals surface area (Å²) >= 11 is 0. The van der Waals surface area contributed by atoms with Crippen molar-refractivity contribution < 1.29 is 9.53 Å². The Kier molecular flexibility index (Phi) is 5.26. The molecule has 1 N–H and O–H groups in total. The number of nitrogens with one attached hydrogen (secondary N) is 1. The van der Waals surface area contributed by atoms with Crippen molar-refractivity contribution in [3.05, 3.63) is 36.4 Å². The molecule has 1 saturated heterocycles. The van der Waals surface area contributed by atoms with Gasteiger partial charge in [-0.2, -0.15) is 0 Å². The van der Waals surface area contributed by atoms with E-state index in [0.29, 0.717) is 11.6 Å². The number of nitrogens with zero attached hydrogens (tertiary/aromatic N) is 1. The summed E-state index contributed by atoms with van der Waals surface area (Å²) in [7, 11) is 1.84. The fourth-order valence-electron chi connectivity index (χ4n) is 2.77. The van der Waals surface area contributed by atoms with Crippen molar-refractivity contribution in [1.29, 1.82) is 0 Å². The van der Waals surface area contributed by atoms with Gasteiger partial charge >= 0.3 is 5.97 Å². The second-order valence-corrected chi connectivity index (χ2v) is 5.41. The Balaban J connectivity index is 2.34. The number of piperidine rings is 1. The number of carbonyl (C=O) groups is 1. The molecule has 4 heteroatoms. The second-order valence-electron chi connectivity index (χ2n) is 5.41. The lowest BCUT2D eigenvalue weighted by Gasteiger charge is -2.36. The minimum Gasteiger partial charge on any atom is -0.458 e. The van der Waals surface area contributed by atoms with Crippen LogP contribution in [-0.2, 0) is 4.74 Å². The zero-order valence-electron chi connectivity index (χ0n) is 12.9. The van der Waals surface area contributed by atoms with E-state index in [-0.39, 0.29) is 12.6 Å². The first-order valence-electron chi connectivity index (χ1n) is 7.54. The summed E-state index contributed by atoms with van der Waals surface area (Å²) in [5.74, 6) is -0.292. The largest absolute Gasteiger partial charge is 0.458 e. The molecule has 0 radical (unpaired) electrons. The van der Waals surface area contributed by atoms with E-state index in [1.54, 1.807) is 6.08 Å². The van der Waals surface area contributed by atoms with Crippen molar-refractivity contribution in [2.75, 3.05) is 30.4 Å². The SMILES string of the molecule is C=CCOC(=O)c1cc(NC)ccc1N1CCCCC1C. The highest BCUT2D eigenvalue weighted by Crippen LogP contribution is 2.30. The number of rotatable bonds is 5. The smallest absolute Gasteiger partial charge is 0.340 e. The molecule has 0 aliphatic carbocycles. The normalized spacial score (nSPS) is 18.2.